The molecule has 0 radical (unpaired) electrons. The van der Waals surface area contributed by atoms with Gasteiger partial charge in [0, 0.05) is 16.4 Å². The third kappa shape index (κ3) is 1.59. The van der Waals surface area contributed by atoms with E-state index in [9.17, 15) is 0 Å². The van der Waals surface area contributed by atoms with Crippen molar-refractivity contribution in [3.63, 3.8) is 0 Å². The summed E-state index contributed by atoms with van der Waals surface area (Å²) in [6, 6.07) is 10.4. The summed E-state index contributed by atoms with van der Waals surface area (Å²) in [5.41, 5.74) is 2.76. The molecule has 1 heterocycles. The van der Waals surface area contributed by atoms with Crippen LogP contribution in [0.15, 0.2) is 35.7 Å². The predicted molar refractivity (Wildman–Crippen MR) is 64.1 cm³/mol. The molecule has 0 atom stereocenters. The van der Waals surface area contributed by atoms with Crippen molar-refractivity contribution in [2.75, 3.05) is 0 Å². The molecule has 0 aliphatic heterocycles. The Morgan fingerprint density at radius 1 is 1.20 bits per heavy atom. The van der Waals surface area contributed by atoms with Crippen molar-refractivity contribution in [2.24, 2.45) is 0 Å². The minimum atomic E-state index is 0.400. The Hall–Kier alpha value is -1.15. The van der Waals surface area contributed by atoms with Crippen LogP contribution in [-0.2, 0) is 5.41 Å². The van der Waals surface area contributed by atoms with E-state index in [2.05, 4.69) is 36.6 Å². The highest BCUT2D eigenvalue weighted by Gasteiger charge is 2.41. The highest BCUT2D eigenvalue weighted by atomic mass is 32.1. The van der Waals surface area contributed by atoms with E-state index in [1.807, 2.05) is 6.07 Å². The summed E-state index contributed by atoms with van der Waals surface area (Å²) in [5.74, 6) is 0. The van der Waals surface area contributed by atoms with Crippen LogP contribution in [0.4, 0.5) is 0 Å². The SMILES string of the molecule is CC1(c2nc(-c3ccccc3)cs2)CC1. The first-order valence-corrected chi connectivity index (χ1v) is 6.17. The smallest absolute Gasteiger partial charge is 0.0991 e. The normalized spacial score (nSPS) is 17.7. The Labute approximate surface area is 93.8 Å². The van der Waals surface area contributed by atoms with Gasteiger partial charge < -0.3 is 0 Å². The van der Waals surface area contributed by atoms with Gasteiger partial charge in [0.25, 0.3) is 0 Å². The fraction of sp³-hybridized carbons (Fsp3) is 0.308. The number of benzene rings is 1. The molecule has 3 rings (SSSR count). The van der Waals surface area contributed by atoms with Crippen molar-refractivity contribution in [1.29, 1.82) is 0 Å². The Bertz CT molecular complexity index is 468. The lowest BCUT2D eigenvalue weighted by molar-refractivity contribution is 0.778. The van der Waals surface area contributed by atoms with Gasteiger partial charge in [-0.3, -0.25) is 0 Å². The fourth-order valence-corrected chi connectivity index (χ4v) is 2.75. The number of hydrogen-bond acceptors (Lipinski definition) is 2. The molecule has 1 fully saturated rings. The number of nitrogens with zero attached hydrogens (tertiary/aromatic N) is 1. The Balaban J connectivity index is 1.97. The van der Waals surface area contributed by atoms with Crippen LogP contribution in [0.5, 0.6) is 0 Å². The van der Waals surface area contributed by atoms with Crippen LogP contribution in [0.2, 0.25) is 0 Å². The number of rotatable bonds is 2. The second-order valence-electron chi connectivity index (χ2n) is 4.46. The van der Waals surface area contributed by atoms with Gasteiger partial charge in [-0.25, -0.2) is 4.98 Å². The molecule has 0 unspecified atom stereocenters. The molecule has 1 aromatic carbocycles. The largest absolute Gasteiger partial charge is 0.241 e. The molecule has 1 aliphatic rings. The molecule has 15 heavy (non-hydrogen) atoms. The number of aromatic nitrogens is 1. The molecule has 0 spiro atoms. The zero-order valence-corrected chi connectivity index (χ0v) is 9.55. The van der Waals surface area contributed by atoms with Crippen molar-refractivity contribution >= 4 is 11.3 Å². The number of thiazole rings is 1. The van der Waals surface area contributed by atoms with Crippen molar-refractivity contribution in [3.05, 3.63) is 40.7 Å². The van der Waals surface area contributed by atoms with Gasteiger partial charge in [-0.15, -0.1) is 11.3 Å². The van der Waals surface area contributed by atoms with Gasteiger partial charge in [0.15, 0.2) is 0 Å². The van der Waals surface area contributed by atoms with Crippen LogP contribution in [0.25, 0.3) is 11.3 Å². The van der Waals surface area contributed by atoms with E-state index >= 15 is 0 Å². The van der Waals surface area contributed by atoms with E-state index in [-0.39, 0.29) is 0 Å². The molecule has 0 saturated heterocycles. The lowest BCUT2D eigenvalue weighted by Gasteiger charge is -2.01. The molecule has 1 aliphatic carbocycles. The molecule has 1 aromatic heterocycles. The van der Waals surface area contributed by atoms with Gasteiger partial charge in [-0.05, 0) is 12.8 Å². The van der Waals surface area contributed by atoms with Crippen LogP contribution in [0.3, 0.4) is 0 Å². The second-order valence-corrected chi connectivity index (χ2v) is 5.32. The summed E-state index contributed by atoms with van der Waals surface area (Å²) in [6.07, 6.45) is 2.60. The molecule has 2 aromatic rings. The van der Waals surface area contributed by atoms with E-state index in [0.29, 0.717) is 5.41 Å². The first-order valence-electron chi connectivity index (χ1n) is 5.29. The summed E-state index contributed by atoms with van der Waals surface area (Å²) in [7, 11) is 0. The van der Waals surface area contributed by atoms with Crippen molar-refractivity contribution < 1.29 is 0 Å². The maximum Gasteiger partial charge on any atom is 0.0991 e. The minimum Gasteiger partial charge on any atom is -0.241 e. The second kappa shape index (κ2) is 3.17. The maximum atomic E-state index is 4.73. The van der Waals surface area contributed by atoms with E-state index < -0.39 is 0 Å². The zero-order chi connectivity index (χ0) is 10.3. The minimum absolute atomic E-state index is 0.400. The molecule has 0 bridgehead atoms. The Morgan fingerprint density at radius 3 is 2.60 bits per heavy atom. The summed E-state index contributed by atoms with van der Waals surface area (Å²) in [6.45, 7) is 2.31. The summed E-state index contributed by atoms with van der Waals surface area (Å²) in [5, 5.41) is 3.48. The average Bonchev–Trinajstić information content (AvgIpc) is 2.85. The lowest BCUT2D eigenvalue weighted by atomic mass is 10.1. The Morgan fingerprint density at radius 2 is 1.93 bits per heavy atom. The Kier molecular flexibility index (Phi) is 1.93. The van der Waals surface area contributed by atoms with Crippen LogP contribution in [0.1, 0.15) is 24.8 Å². The standard InChI is InChI=1S/C13H13NS/c1-13(7-8-13)12-14-11(9-15-12)10-5-3-2-4-6-10/h2-6,9H,7-8H2,1H3. The van der Waals surface area contributed by atoms with Gasteiger partial charge in [-0.1, -0.05) is 37.3 Å². The van der Waals surface area contributed by atoms with Gasteiger partial charge >= 0.3 is 0 Å². The molecule has 1 nitrogen and oxygen atoms in total. The molecule has 1 saturated carbocycles. The van der Waals surface area contributed by atoms with Gasteiger partial charge in [0.1, 0.15) is 0 Å². The maximum absolute atomic E-state index is 4.73. The molecule has 76 valence electrons. The molecule has 0 amide bonds. The van der Waals surface area contributed by atoms with Crippen molar-refractivity contribution in [2.45, 2.75) is 25.2 Å². The third-order valence-electron chi connectivity index (χ3n) is 3.09. The first kappa shape index (κ1) is 9.10. The van der Waals surface area contributed by atoms with E-state index in [4.69, 9.17) is 4.98 Å². The number of hydrogen-bond donors (Lipinski definition) is 0. The third-order valence-corrected chi connectivity index (χ3v) is 4.24. The van der Waals surface area contributed by atoms with Crippen molar-refractivity contribution in [3.8, 4) is 11.3 Å². The van der Waals surface area contributed by atoms with Crippen LogP contribution < -0.4 is 0 Å². The lowest BCUT2D eigenvalue weighted by Crippen LogP contribution is -1.97. The summed E-state index contributed by atoms with van der Waals surface area (Å²) < 4.78 is 0. The van der Waals surface area contributed by atoms with Crippen LogP contribution >= 0.6 is 11.3 Å². The van der Waals surface area contributed by atoms with Crippen LogP contribution in [-0.4, -0.2) is 4.98 Å². The van der Waals surface area contributed by atoms with E-state index in [1.165, 1.54) is 23.4 Å². The predicted octanol–water partition coefficient (Wildman–Crippen LogP) is 3.86. The topological polar surface area (TPSA) is 12.9 Å². The summed E-state index contributed by atoms with van der Waals surface area (Å²) in [4.78, 5) is 4.73. The van der Waals surface area contributed by atoms with Gasteiger partial charge in [-0.2, -0.15) is 0 Å². The molecule has 0 N–H and O–H groups in total. The molecular weight excluding hydrogens is 202 g/mol. The zero-order valence-electron chi connectivity index (χ0n) is 8.73. The first-order chi connectivity index (χ1) is 7.28. The van der Waals surface area contributed by atoms with Gasteiger partial charge in [0.05, 0.1) is 10.7 Å². The fourth-order valence-electron chi connectivity index (χ4n) is 1.69. The van der Waals surface area contributed by atoms with Crippen LogP contribution in [0, 0.1) is 0 Å². The summed E-state index contributed by atoms with van der Waals surface area (Å²) >= 11 is 1.80. The van der Waals surface area contributed by atoms with E-state index in [0.717, 1.165) is 5.69 Å². The van der Waals surface area contributed by atoms with E-state index in [1.54, 1.807) is 11.3 Å². The monoisotopic (exact) mass is 215 g/mol. The molecule has 2 heteroatoms. The highest BCUT2D eigenvalue weighted by molar-refractivity contribution is 7.10. The quantitative estimate of drug-likeness (QED) is 0.741. The average molecular weight is 215 g/mol. The van der Waals surface area contributed by atoms with Crippen molar-refractivity contribution in [1.82, 2.24) is 4.98 Å². The molecular formula is C13H13NS. The highest BCUT2D eigenvalue weighted by Crippen LogP contribution is 2.49. The van der Waals surface area contributed by atoms with Gasteiger partial charge in [0.2, 0.25) is 0 Å².